The molecule has 1 saturated carbocycles. The summed E-state index contributed by atoms with van der Waals surface area (Å²) >= 11 is 0. The Morgan fingerprint density at radius 2 is 2.18 bits per heavy atom. The average Bonchev–Trinajstić information content (AvgIpc) is 3.22. The molecule has 0 amide bonds. The topological polar surface area (TPSA) is 12.0 Å². The fourth-order valence-corrected chi connectivity index (χ4v) is 2.95. The summed E-state index contributed by atoms with van der Waals surface area (Å²) in [7, 11) is 0. The number of allylic oxidation sites excluding steroid dienone is 8. The Morgan fingerprint density at radius 3 is 2.82 bits per heavy atom. The van der Waals surface area contributed by atoms with Gasteiger partial charge in [-0.3, -0.25) is 0 Å². The van der Waals surface area contributed by atoms with Crippen molar-refractivity contribution in [3.63, 3.8) is 0 Å². The quantitative estimate of drug-likeness (QED) is 0.565. The largest absolute Gasteiger partial charge is 0.358 e. The second-order valence-corrected chi connectivity index (χ2v) is 5.90. The lowest BCUT2D eigenvalue weighted by atomic mass is 9.95. The highest BCUT2D eigenvalue weighted by Gasteiger charge is 2.41. The third kappa shape index (κ3) is 3.40. The number of terminal acetylenes is 1. The third-order valence-electron chi connectivity index (χ3n) is 4.17. The molecule has 0 saturated heterocycles. The first-order valence-corrected chi connectivity index (χ1v) is 7.48. The Balaban J connectivity index is 2.20. The van der Waals surface area contributed by atoms with Crippen molar-refractivity contribution >= 4 is 0 Å². The van der Waals surface area contributed by atoms with E-state index in [9.17, 15) is 0 Å². The van der Waals surface area contributed by atoms with Crippen molar-refractivity contribution in [2.45, 2.75) is 19.8 Å². The smallest absolute Gasteiger partial charge is 0.0461 e. The zero-order valence-corrected chi connectivity index (χ0v) is 13.3. The number of hydrogen-bond acceptors (Lipinski definition) is 1. The van der Waals surface area contributed by atoms with Gasteiger partial charge in [-0.05, 0) is 41.9 Å². The van der Waals surface area contributed by atoms with Gasteiger partial charge in [-0.15, -0.1) is 6.42 Å². The van der Waals surface area contributed by atoms with Gasteiger partial charge in [-0.2, -0.15) is 0 Å². The van der Waals surface area contributed by atoms with Crippen molar-refractivity contribution in [3.05, 3.63) is 84.3 Å². The van der Waals surface area contributed by atoms with E-state index in [1.165, 1.54) is 17.6 Å². The van der Waals surface area contributed by atoms with Crippen LogP contribution in [0.1, 0.15) is 19.8 Å². The van der Waals surface area contributed by atoms with Gasteiger partial charge in [0.25, 0.3) is 0 Å². The van der Waals surface area contributed by atoms with Gasteiger partial charge in [0.05, 0.1) is 0 Å². The molecule has 1 fully saturated rings. The first-order chi connectivity index (χ1) is 10.5. The molecule has 112 valence electrons. The predicted molar refractivity (Wildman–Crippen MR) is 95.7 cm³/mol. The summed E-state index contributed by atoms with van der Waals surface area (Å²) in [5.41, 5.74) is 6.22. The molecule has 2 aliphatic rings. The zero-order valence-electron chi connectivity index (χ0n) is 13.3. The van der Waals surface area contributed by atoms with Crippen molar-refractivity contribution in [3.8, 4) is 12.3 Å². The Hall–Kier alpha value is -2.46. The van der Waals surface area contributed by atoms with Gasteiger partial charge in [0.15, 0.2) is 0 Å². The Kier molecular flexibility index (Phi) is 4.73. The lowest BCUT2D eigenvalue weighted by Gasteiger charge is -2.15. The van der Waals surface area contributed by atoms with E-state index in [0.717, 1.165) is 17.7 Å². The summed E-state index contributed by atoms with van der Waals surface area (Å²) in [6.45, 7) is 17.9. The molecule has 1 nitrogen and oxygen atoms in total. The highest BCUT2D eigenvalue weighted by Crippen LogP contribution is 2.52. The second-order valence-electron chi connectivity index (χ2n) is 5.90. The van der Waals surface area contributed by atoms with Crippen LogP contribution in [-0.4, -0.2) is 0 Å². The minimum Gasteiger partial charge on any atom is -0.358 e. The maximum atomic E-state index is 5.37. The van der Waals surface area contributed by atoms with Crippen LogP contribution in [0.2, 0.25) is 0 Å². The van der Waals surface area contributed by atoms with Crippen LogP contribution in [0, 0.1) is 24.2 Å². The van der Waals surface area contributed by atoms with Crippen molar-refractivity contribution in [1.29, 1.82) is 0 Å². The van der Waals surface area contributed by atoms with Gasteiger partial charge >= 0.3 is 0 Å². The van der Waals surface area contributed by atoms with Crippen LogP contribution in [0.15, 0.2) is 84.3 Å². The van der Waals surface area contributed by atoms with E-state index in [0.29, 0.717) is 23.1 Å². The first-order valence-electron chi connectivity index (χ1n) is 7.48. The van der Waals surface area contributed by atoms with E-state index >= 15 is 0 Å². The fraction of sp³-hybridized carbons (Fsp3) is 0.238. The molecule has 0 aromatic rings. The van der Waals surface area contributed by atoms with Crippen LogP contribution in [-0.2, 0) is 0 Å². The molecule has 2 aliphatic carbocycles. The third-order valence-corrected chi connectivity index (χ3v) is 4.17. The maximum Gasteiger partial charge on any atom is 0.0461 e. The second kappa shape index (κ2) is 6.54. The number of nitrogens with one attached hydrogen (secondary N) is 1. The molecule has 1 N–H and O–H groups in total. The molecule has 0 spiro atoms. The van der Waals surface area contributed by atoms with Gasteiger partial charge in [-0.25, -0.2) is 0 Å². The molecular weight excluding hydrogens is 266 g/mol. The van der Waals surface area contributed by atoms with Crippen molar-refractivity contribution in [2.24, 2.45) is 11.8 Å². The van der Waals surface area contributed by atoms with Crippen LogP contribution < -0.4 is 5.32 Å². The molecule has 0 bridgehead atoms. The first kappa shape index (κ1) is 15.9. The van der Waals surface area contributed by atoms with E-state index < -0.39 is 0 Å². The molecule has 0 heterocycles. The summed E-state index contributed by atoms with van der Waals surface area (Å²) in [6, 6.07) is 0. The fourth-order valence-electron chi connectivity index (χ4n) is 2.95. The summed E-state index contributed by atoms with van der Waals surface area (Å²) in [5, 5.41) is 3.31. The monoisotopic (exact) mass is 289 g/mol. The van der Waals surface area contributed by atoms with Gasteiger partial charge in [-0.1, -0.05) is 56.5 Å². The standard InChI is InChI=1S/C21H23N/c1-7-9-10-15(4)21-16(5)11-19(12-18-13-20(18)21)22-17(6)14(3)8-2/h2,7,9-10,12,18,20,22H,1,3,5-6,11,13H2,4H3/b10-9-,21-15-. The average molecular weight is 289 g/mol. The van der Waals surface area contributed by atoms with Crippen molar-refractivity contribution in [1.82, 2.24) is 5.32 Å². The molecule has 1 heteroatoms. The number of hydrogen-bond donors (Lipinski definition) is 1. The number of fused-ring (bicyclic) bond motifs is 1. The molecule has 0 aliphatic heterocycles. The Labute approximate surface area is 134 Å². The van der Waals surface area contributed by atoms with E-state index in [-0.39, 0.29) is 0 Å². The van der Waals surface area contributed by atoms with E-state index in [2.05, 4.69) is 56.6 Å². The summed E-state index contributed by atoms with van der Waals surface area (Å²) in [4.78, 5) is 0. The van der Waals surface area contributed by atoms with Crippen LogP contribution >= 0.6 is 0 Å². The minimum atomic E-state index is 0.579. The van der Waals surface area contributed by atoms with Gasteiger partial charge in [0.2, 0.25) is 0 Å². The molecule has 0 radical (unpaired) electrons. The van der Waals surface area contributed by atoms with E-state index in [1.54, 1.807) is 6.08 Å². The van der Waals surface area contributed by atoms with Crippen molar-refractivity contribution < 1.29 is 0 Å². The van der Waals surface area contributed by atoms with Crippen molar-refractivity contribution in [2.75, 3.05) is 0 Å². The SMILES string of the molecule is C#CC(=C)C(=C)NC1=CC2CC2/C(=C(C)\C=C/C=C)C(=C)C1. The van der Waals surface area contributed by atoms with Crippen LogP contribution in [0.5, 0.6) is 0 Å². The normalized spacial score (nSPS) is 25.5. The highest BCUT2D eigenvalue weighted by molar-refractivity contribution is 5.49. The van der Waals surface area contributed by atoms with Gasteiger partial charge < -0.3 is 5.32 Å². The summed E-state index contributed by atoms with van der Waals surface area (Å²) < 4.78 is 0. The lowest BCUT2D eigenvalue weighted by Crippen LogP contribution is -2.13. The minimum absolute atomic E-state index is 0.579. The van der Waals surface area contributed by atoms with Gasteiger partial charge in [0.1, 0.15) is 0 Å². The molecule has 2 atom stereocenters. The highest BCUT2D eigenvalue weighted by atomic mass is 14.9. The molecule has 0 aromatic carbocycles. The van der Waals surface area contributed by atoms with Gasteiger partial charge in [0, 0.05) is 23.4 Å². The molecular formula is C21H23N. The van der Waals surface area contributed by atoms with E-state index in [4.69, 9.17) is 6.42 Å². The Morgan fingerprint density at radius 1 is 1.45 bits per heavy atom. The van der Waals surface area contributed by atoms with Crippen LogP contribution in [0.3, 0.4) is 0 Å². The zero-order chi connectivity index (χ0) is 16.3. The predicted octanol–water partition coefficient (Wildman–Crippen LogP) is 4.82. The van der Waals surface area contributed by atoms with Crippen LogP contribution in [0.25, 0.3) is 0 Å². The molecule has 22 heavy (non-hydrogen) atoms. The summed E-state index contributed by atoms with van der Waals surface area (Å²) in [5.74, 6) is 3.69. The van der Waals surface area contributed by atoms with Crippen LogP contribution in [0.4, 0.5) is 0 Å². The summed E-state index contributed by atoms with van der Waals surface area (Å²) in [6.07, 6.45) is 15.5. The van der Waals surface area contributed by atoms with E-state index in [1.807, 2.05) is 6.08 Å². The molecule has 0 aromatic heterocycles. The Bertz CT molecular complexity index is 673. The maximum absolute atomic E-state index is 5.37. The number of rotatable bonds is 5. The lowest BCUT2D eigenvalue weighted by molar-refractivity contribution is 0.911. The molecule has 2 unspecified atom stereocenters. The molecule has 2 rings (SSSR count).